The van der Waals surface area contributed by atoms with Gasteiger partial charge in [-0.2, -0.15) is 5.10 Å². The molecule has 4 nitrogen and oxygen atoms in total. The molecule has 1 aromatic heterocycles. The van der Waals surface area contributed by atoms with Crippen LogP contribution in [0.3, 0.4) is 0 Å². The molecular formula is C7H8F4N2O2. The third kappa shape index (κ3) is 2.90. The zero-order valence-corrected chi connectivity index (χ0v) is 7.32. The number of rotatable bonds is 4. The monoisotopic (exact) mass is 228 g/mol. The number of hydrogen-bond donors (Lipinski definition) is 2. The van der Waals surface area contributed by atoms with Gasteiger partial charge in [-0.3, -0.25) is 4.68 Å². The summed E-state index contributed by atoms with van der Waals surface area (Å²) in [6.45, 7) is -0.674. The van der Waals surface area contributed by atoms with Gasteiger partial charge in [-0.1, -0.05) is 0 Å². The largest absolute Gasteiger partial charge is 0.367 e. The number of aliphatic hydroxyl groups is 2. The summed E-state index contributed by atoms with van der Waals surface area (Å²) in [4.78, 5) is 0. The summed E-state index contributed by atoms with van der Waals surface area (Å²) < 4.78 is 49.3. The summed E-state index contributed by atoms with van der Waals surface area (Å²) in [5, 5.41) is 20.2. The fourth-order valence-electron chi connectivity index (χ4n) is 1.04. The molecule has 0 unspecified atom stereocenters. The van der Waals surface area contributed by atoms with Crippen molar-refractivity contribution in [2.75, 3.05) is 0 Å². The zero-order chi connectivity index (χ0) is 11.6. The summed E-state index contributed by atoms with van der Waals surface area (Å²) in [6.07, 6.45) is -7.89. The molecule has 0 radical (unpaired) electrons. The van der Waals surface area contributed by atoms with Crippen molar-refractivity contribution in [3.63, 3.8) is 0 Å². The number of alkyl halides is 4. The molecule has 86 valence electrons. The van der Waals surface area contributed by atoms with Crippen molar-refractivity contribution in [2.45, 2.75) is 25.7 Å². The van der Waals surface area contributed by atoms with E-state index in [2.05, 4.69) is 5.10 Å². The van der Waals surface area contributed by atoms with Crippen molar-refractivity contribution in [3.8, 4) is 0 Å². The lowest BCUT2D eigenvalue weighted by Crippen LogP contribution is -2.18. The fourth-order valence-corrected chi connectivity index (χ4v) is 1.04. The quantitative estimate of drug-likeness (QED) is 0.598. The average molecular weight is 228 g/mol. The normalized spacial score (nSPS) is 12.1. The van der Waals surface area contributed by atoms with Crippen molar-refractivity contribution in [1.82, 2.24) is 9.78 Å². The first-order valence-electron chi connectivity index (χ1n) is 3.92. The maximum absolute atomic E-state index is 12.3. The van der Waals surface area contributed by atoms with Gasteiger partial charge in [0.25, 0.3) is 12.9 Å². The van der Waals surface area contributed by atoms with Crippen LogP contribution in [0.1, 0.15) is 24.2 Å². The minimum absolute atomic E-state index is 0.455. The molecule has 0 aliphatic carbocycles. The fraction of sp³-hybridized carbons (Fsp3) is 0.571. The van der Waals surface area contributed by atoms with E-state index in [-0.39, 0.29) is 0 Å². The van der Waals surface area contributed by atoms with E-state index in [1.165, 1.54) is 0 Å². The van der Waals surface area contributed by atoms with Crippen LogP contribution in [0.2, 0.25) is 0 Å². The summed E-state index contributed by atoms with van der Waals surface area (Å²) >= 11 is 0. The standard InChI is InChI=1S/C7H8F4N2O2/c8-6(9)3-1-4(7(10)11)13(12-3)2-5(14)15/h1,5-7,14-15H,2H2. The van der Waals surface area contributed by atoms with E-state index in [4.69, 9.17) is 10.2 Å². The van der Waals surface area contributed by atoms with Crippen LogP contribution >= 0.6 is 0 Å². The molecule has 1 heterocycles. The van der Waals surface area contributed by atoms with Gasteiger partial charge in [0.05, 0.1) is 6.54 Å². The van der Waals surface area contributed by atoms with Crippen LogP contribution in [0.4, 0.5) is 17.6 Å². The highest BCUT2D eigenvalue weighted by atomic mass is 19.3. The maximum Gasteiger partial charge on any atom is 0.282 e. The lowest BCUT2D eigenvalue weighted by Gasteiger charge is -2.07. The molecule has 0 saturated heterocycles. The van der Waals surface area contributed by atoms with Gasteiger partial charge in [0.1, 0.15) is 11.4 Å². The van der Waals surface area contributed by atoms with Gasteiger partial charge in [0, 0.05) is 0 Å². The summed E-state index contributed by atoms with van der Waals surface area (Å²) in [6, 6.07) is 0.539. The summed E-state index contributed by atoms with van der Waals surface area (Å²) in [5.41, 5.74) is -1.58. The molecule has 0 aliphatic rings. The van der Waals surface area contributed by atoms with Crippen LogP contribution in [-0.2, 0) is 6.54 Å². The van der Waals surface area contributed by atoms with Crippen LogP contribution in [-0.4, -0.2) is 26.3 Å². The van der Waals surface area contributed by atoms with Crippen molar-refractivity contribution in [3.05, 3.63) is 17.5 Å². The second-order valence-electron chi connectivity index (χ2n) is 2.76. The average Bonchev–Trinajstić information content (AvgIpc) is 2.46. The van der Waals surface area contributed by atoms with Gasteiger partial charge in [0.2, 0.25) is 0 Å². The van der Waals surface area contributed by atoms with Gasteiger partial charge in [-0.05, 0) is 6.07 Å². The molecule has 0 bridgehead atoms. The molecule has 1 aromatic rings. The number of nitrogens with zero attached hydrogens (tertiary/aromatic N) is 2. The summed E-state index contributed by atoms with van der Waals surface area (Å²) in [7, 11) is 0. The summed E-state index contributed by atoms with van der Waals surface area (Å²) in [5.74, 6) is 0. The third-order valence-electron chi connectivity index (χ3n) is 1.61. The Morgan fingerprint density at radius 3 is 2.20 bits per heavy atom. The minimum atomic E-state index is -3.00. The van der Waals surface area contributed by atoms with Crippen molar-refractivity contribution < 1.29 is 27.8 Å². The molecular weight excluding hydrogens is 220 g/mol. The number of hydrogen-bond acceptors (Lipinski definition) is 3. The van der Waals surface area contributed by atoms with E-state index in [9.17, 15) is 17.6 Å². The molecule has 0 spiro atoms. The van der Waals surface area contributed by atoms with E-state index >= 15 is 0 Å². The Morgan fingerprint density at radius 2 is 1.80 bits per heavy atom. The molecule has 0 atom stereocenters. The van der Waals surface area contributed by atoms with Gasteiger partial charge < -0.3 is 10.2 Å². The van der Waals surface area contributed by atoms with Crippen LogP contribution in [0.15, 0.2) is 6.07 Å². The third-order valence-corrected chi connectivity index (χ3v) is 1.61. The number of aliphatic hydroxyl groups excluding tert-OH is 1. The highest BCUT2D eigenvalue weighted by Crippen LogP contribution is 2.24. The Kier molecular flexibility index (Phi) is 3.64. The highest BCUT2D eigenvalue weighted by molar-refractivity contribution is 5.12. The molecule has 0 amide bonds. The van der Waals surface area contributed by atoms with Gasteiger partial charge in [0.15, 0.2) is 6.29 Å². The predicted octanol–water partition coefficient (Wildman–Crippen LogP) is 1.07. The highest BCUT2D eigenvalue weighted by Gasteiger charge is 2.21. The Bertz CT molecular complexity index is 327. The van der Waals surface area contributed by atoms with Crippen molar-refractivity contribution >= 4 is 0 Å². The van der Waals surface area contributed by atoms with Crippen molar-refractivity contribution in [1.29, 1.82) is 0 Å². The van der Waals surface area contributed by atoms with Crippen LogP contribution in [0.25, 0.3) is 0 Å². The topological polar surface area (TPSA) is 58.3 Å². The lowest BCUT2D eigenvalue weighted by atomic mass is 10.3. The van der Waals surface area contributed by atoms with Gasteiger partial charge in [-0.25, -0.2) is 17.6 Å². The second kappa shape index (κ2) is 4.58. The number of aromatic nitrogens is 2. The Balaban J connectivity index is 3.00. The van der Waals surface area contributed by atoms with E-state index in [0.29, 0.717) is 10.7 Å². The smallest absolute Gasteiger partial charge is 0.282 e. The van der Waals surface area contributed by atoms with E-state index in [1.54, 1.807) is 0 Å². The van der Waals surface area contributed by atoms with Crippen LogP contribution in [0.5, 0.6) is 0 Å². The second-order valence-corrected chi connectivity index (χ2v) is 2.76. The first-order valence-corrected chi connectivity index (χ1v) is 3.92. The first-order chi connectivity index (χ1) is 6.91. The van der Waals surface area contributed by atoms with Crippen LogP contribution in [0, 0.1) is 0 Å². The lowest BCUT2D eigenvalue weighted by molar-refractivity contribution is -0.0554. The molecule has 1 rings (SSSR count). The molecule has 8 heteroatoms. The zero-order valence-electron chi connectivity index (χ0n) is 7.32. The Morgan fingerprint density at radius 1 is 1.20 bits per heavy atom. The Labute approximate surface area is 81.7 Å². The molecule has 0 aromatic carbocycles. The predicted molar refractivity (Wildman–Crippen MR) is 40.4 cm³/mol. The first kappa shape index (κ1) is 11.9. The van der Waals surface area contributed by atoms with Gasteiger partial charge in [-0.15, -0.1) is 0 Å². The van der Waals surface area contributed by atoms with E-state index in [0.717, 1.165) is 0 Å². The Hall–Kier alpha value is -1.15. The van der Waals surface area contributed by atoms with E-state index in [1.807, 2.05) is 0 Å². The molecule has 0 saturated carbocycles. The number of halogens is 4. The molecule has 2 N–H and O–H groups in total. The molecule has 0 aliphatic heterocycles. The van der Waals surface area contributed by atoms with Crippen LogP contribution < -0.4 is 0 Å². The minimum Gasteiger partial charge on any atom is -0.367 e. The van der Waals surface area contributed by atoms with E-state index < -0.39 is 37.1 Å². The maximum atomic E-state index is 12.3. The molecule has 15 heavy (non-hydrogen) atoms. The van der Waals surface area contributed by atoms with Crippen molar-refractivity contribution in [2.24, 2.45) is 0 Å². The van der Waals surface area contributed by atoms with Gasteiger partial charge >= 0.3 is 0 Å². The molecule has 0 fully saturated rings. The SMILES string of the molecule is OC(O)Cn1nc(C(F)F)cc1C(F)F.